The summed E-state index contributed by atoms with van der Waals surface area (Å²) in [5.74, 6) is -0.906. The third kappa shape index (κ3) is 3.82. The van der Waals surface area contributed by atoms with Gasteiger partial charge in [-0.05, 0) is 34.5 Å². The van der Waals surface area contributed by atoms with Crippen LogP contribution in [0.2, 0.25) is 5.02 Å². The SMILES string of the molecule is O=S(=O)(NCC(O)c1cccc2ccccc12)c1cc(Cl)ccc1F. The molecule has 0 spiro atoms. The van der Waals surface area contributed by atoms with Gasteiger partial charge in [-0.1, -0.05) is 54.1 Å². The van der Waals surface area contributed by atoms with Crippen LogP contribution in [0, 0.1) is 5.82 Å². The minimum Gasteiger partial charge on any atom is -0.387 e. The molecule has 1 unspecified atom stereocenters. The molecule has 0 aromatic heterocycles. The summed E-state index contributed by atoms with van der Waals surface area (Å²) >= 11 is 5.74. The molecule has 2 N–H and O–H groups in total. The van der Waals surface area contributed by atoms with Gasteiger partial charge in [-0.2, -0.15) is 0 Å². The highest BCUT2D eigenvalue weighted by Gasteiger charge is 2.21. The van der Waals surface area contributed by atoms with Crippen LogP contribution in [0.15, 0.2) is 65.6 Å². The van der Waals surface area contributed by atoms with Crippen LogP contribution in [-0.4, -0.2) is 20.1 Å². The van der Waals surface area contributed by atoms with E-state index in [0.717, 1.165) is 22.9 Å². The Labute approximate surface area is 149 Å². The van der Waals surface area contributed by atoms with Gasteiger partial charge in [0, 0.05) is 11.6 Å². The Balaban J connectivity index is 1.84. The number of hydrogen-bond donors (Lipinski definition) is 2. The number of sulfonamides is 1. The molecule has 0 aliphatic heterocycles. The standard InChI is InChI=1S/C18H15ClFNO3S/c19-13-8-9-16(20)18(10-13)25(23,24)21-11-17(22)15-7-3-5-12-4-1-2-6-14(12)15/h1-10,17,21-22H,11H2. The fraction of sp³-hybridized carbons (Fsp3) is 0.111. The zero-order valence-electron chi connectivity index (χ0n) is 13.0. The molecule has 0 amide bonds. The van der Waals surface area contributed by atoms with Crippen LogP contribution in [0.5, 0.6) is 0 Å². The molecule has 0 bridgehead atoms. The molecule has 3 rings (SSSR count). The second-order valence-corrected chi connectivity index (χ2v) is 7.68. The van der Waals surface area contributed by atoms with Crippen molar-refractivity contribution in [3.05, 3.63) is 77.1 Å². The van der Waals surface area contributed by atoms with Crippen LogP contribution in [0.1, 0.15) is 11.7 Å². The molecular weight excluding hydrogens is 365 g/mol. The summed E-state index contributed by atoms with van der Waals surface area (Å²) < 4.78 is 40.6. The molecule has 1 atom stereocenters. The lowest BCUT2D eigenvalue weighted by molar-refractivity contribution is 0.183. The van der Waals surface area contributed by atoms with Gasteiger partial charge in [-0.25, -0.2) is 17.5 Å². The van der Waals surface area contributed by atoms with Crippen molar-refractivity contribution in [3.63, 3.8) is 0 Å². The highest BCUT2D eigenvalue weighted by Crippen LogP contribution is 2.25. The first-order chi connectivity index (χ1) is 11.9. The number of hydrogen-bond acceptors (Lipinski definition) is 3. The van der Waals surface area contributed by atoms with Gasteiger partial charge in [0.2, 0.25) is 10.0 Å². The van der Waals surface area contributed by atoms with Crippen LogP contribution in [0.25, 0.3) is 10.8 Å². The summed E-state index contributed by atoms with van der Waals surface area (Å²) in [6, 6.07) is 16.1. The van der Waals surface area contributed by atoms with Gasteiger partial charge in [0.1, 0.15) is 10.7 Å². The number of rotatable bonds is 5. The Hall–Kier alpha value is -1.99. The lowest BCUT2D eigenvalue weighted by atomic mass is 10.0. The largest absolute Gasteiger partial charge is 0.387 e. The second-order valence-electron chi connectivity index (χ2n) is 5.51. The maximum Gasteiger partial charge on any atom is 0.243 e. The van der Waals surface area contributed by atoms with Crippen molar-refractivity contribution in [3.8, 4) is 0 Å². The van der Waals surface area contributed by atoms with E-state index in [1.54, 1.807) is 12.1 Å². The van der Waals surface area contributed by atoms with Crippen molar-refractivity contribution in [2.24, 2.45) is 0 Å². The minimum atomic E-state index is -4.14. The summed E-state index contributed by atoms with van der Waals surface area (Å²) in [6.45, 7) is -0.289. The number of aliphatic hydroxyl groups excluding tert-OH is 1. The zero-order valence-corrected chi connectivity index (χ0v) is 14.6. The number of nitrogens with one attached hydrogen (secondary N) is 1. The minimum absolute atomic E-state index is 0.108. The topological polar surface area (TPSA) is 66.4 Å². The molecule has 0 saturated heterocycles. The van der Waals surface area contributed by atoms with Crippen molar-refractivity contribution in [1.82, 2.24) is 4.72 Å². The Morgan fingerprint density at radius 1 is 1.08 bits per heavy atom. The molecule has 0 radical (unpaired) electrons. The Bertz CT molecular complexity index is 1020. The molecule has 25 heavy (non-hydrogen) atoms. The number of aliphatic hydroxyl groups is 1. The van der Waals surface area contributed by atoms with Crippen LogP contribution >= 0.6 is 11.6 Å². The predicted molar refractivity (Wildman–Crippen MR) is 95.5 cm³/mol. The zero-order chi connectivity index (χ0) is 18.0. The van der Waals surface area contributed by atoms with Gasteiger partial charge in [0.25, 0.3) is 0 Å². The van der Waals surface area contributed by atoms with Crippen molar-refractivity contribution < 1.29 is 17.9 Å². The van der Waals surface area contributed by atoms with Crippen molar-refractivity contribution in [2.45, 2.75) is 11.0 Å². The molecule has 0 saturated carbocycles. The van der Waals surface area contributed by atoms with E-state index in [-0.39, 0.29) is 11.6 Å². The Morgan fingerprint density at radius 3 is 2.60 bits per heavy atom. The Kier molecular flexibility index (Phi) is 5.06. The van der Waals surface area contributed by atoms with Gasteiger partial charge in [0.15, 0.2) is 0 Å². The Morgan fingerprint density at radius 2 is 1.80 bits per heavy atom. The maximum atomic E-state index is 13.8. The monoisotopic (exact) mass is 379 g/mol. The molecule has 7 heteroatoms. The van der Waals surface area contributed by atoms with Gasteiger partial charge < -0.3 is 5.11 Å². The van der Waals surface area contributed by atoms with Crippen LogP contribution in [0.3, 0.4) is 0 Å². The van der Waals surface area contributed by atoms with E-state index in [0.29, 0.717) is 5.56 Å². The molecule has 4 nitrogen and oxygen atoms in total. The fourth-order valence-corrected chi connectivity index (χ4v) is 3.98. The summed E-state index contributed by atoms with van der Waals surface area (Å²) in [7, 11) is -4.14. The van der Waals surface area contributed by atoms with Crippen molar-refractivity contribution >= 4 is 32.4 Å². The molecule has 0 aliphatic carbocycles. The van der Waals surface area contributed by atoms with Crippen molar-refractivity contribution in [2.75, 3.05) is 6.54 Å². The molecule has 0 aliphatic rings. The first-order valence-corrected chi connectivity index (χ1v) is 9.35. The summed E-state index contributed by atoms with van der Waals surface area (Å²) in [4.78, 5) is -0.551. The normalized spacial score (nSPS) is 13.1. The molecular formula is C18H15ClFNO3S. The molecule has 3 aromatic carbocycles. The molecule has 3 aromatic rings. The third-order valence-corrected chi connectivity index (χ3v) is 5.51. The molecule has 130 valence electrons. The highest BCUT2D eigenvalue weighted by molar-refractivity contribution is 7.89. The van der Waals surface area contributed by atoms with E-state index in [2.05, 4.69) is 4.72 Å². The summed E-state index contributed by atoms with van der Waals surface area (Å²) in [5, 5.41) is 12.3. The smallest absolute Gasteiger partial charge is 0.243 e. The third-order valence-electron chi connectivity index (χ3n) is 3.83. The average molecular weight is 380 g/mol. The van der Waals surface area contributed by atoms with E-state index in [4.69, 9.17) is 11.6 Å². The van der Waals surface area contributed by atoms with E-state index < -0.39 is 26.8 Å². The highest BCUT2D eigenvalue weighted by atomic mass is 35.5. The van der Waals surface area contributed by atoms with E-state index in [9.17, 15) is 17.9 Å². The van der Waals surface area contributed by atoms with E-state index in [1.807, 2.05) is 30.3 Å². The predicted octanol–water partition coefficient (Wildman–Crippen LogP) is 3.64. The van der Waals surface area contributed by atoms with Gasteiger partial charge >= 0.3 is 0 Å². The maximum absolute atomic E-state index is 13.8. The molecule has 0 fully saturated rings. The first kappa shape index (κ1) is 17.8. The van der Waals surface area contributed by atoms with Crippen LogP contribution < -0.4 is 4.72 Å². The van der Waals surface area contributed by atoms with Gasteiger partial charge in [0.05, 0.1) is 6.10 Å². The van der Waals surface area contributed by atoms with E-state index in [1.165, 1.54) is 6.07 Å². The van der Waals surface area contributed by atoms with E-state index >= 15 is 0 Å². The van der Waals surface area contributed by atoms with Gasteiger partial charge in [-0.15, -0.1) is 0 Å². The molecule has 0 heterocycles. The number of benzene rings is 3. The fourth-order valence-electron chi connectivity index (χ4n) is 2.60. The van der Waals surface area contributed by atoms with Crippen LogP contribution in [-0.2, 0) is 10.0 Å². The lowest BCUT2D eigenvalue weighted by Gasteiger charge is -2.15. The van der Waals surface area contributed by atoms with Crippen molar-refractivity contribution in [1.29, 1.82) is 0 Å². The quantitative estimate of drug-likeness (QED) is 0.711. The first-order valence-electron chi connectivity index (χ1n) is 7.49. The number of fused-ring (bicyclic) bond motifs is 1. The average Bonchev–Trinajstić information content (AvgIpc) is 2.61. The van der Waals surface area contributed by atoms with Gasteiger partial charge in [-0.3, -0.25) is 0 Å². The second kappa shape index (κ2) is 7.09. The summed E-state index contributed by atoms with van der Waals surface area (Å²) in [5.41, 5.74) is 0.590. The number of halogens is 2. The lowest BCUT2D eigenvalue weighted by Crippen LogP contribution is -2.29. The van der Waals surface area contributed by atoms with Crippen LogP contribution in [0.4, 0.5) is 4.39 Å². The summed E-state index contributed by atoms with van der Waals surface area (Å²) in [6.07, 6.45) is -1.08.